The number of imide groups is 1. The Labute approximate surface area is 170 Å². The molecule has 0 saturated heterocycles. The van der Waals surface area contributed by atoms with Gasteiger partial charge in [-0.2, -0.15) is 0 Å². The summed E-state index contributed by atoms with van der Waals surface area (Å²) >= 11 is 0. The molecule has 0 fully saturated rings. The quantitative estimate of drug-likeness (QED) is 0.639. The number of carbonyl (C=O) groups excluding carboxylic acids is 4. The van der Waals surface area contributed by atoms with Crippen molar-refractivity contribution in [1.82, 2.24) is 9.37 Å². The van der Waals surface area contributed by atoms with Crippen LogP contribution in [0.4, 0.5) is 0 Å². The van der Waals surface area contributed by atoms with Crippen LogP contribution >= 0.6 is 0 Å². The number of benzene rings is 2. The van der Waals surface area contributed by atoms with Gasteiger partial charge < -0.3 is 9.57 Å². The van der Waals surface area contributed by atoms with E-state index in [2.05, 4.69) is 0 Å². The second-order valence-electron chi connectivity index (χ2n) is 6.42. The van der Waals surface area contributed by atoms with Gasteiger partial charge in [-0.3, -0.25) is 14.4 Å². The molecule has 4 rings (SSSR count). The molecule has 0 unspecified atom stereocenters. The molecule has 11 heteroatoms. The normalized spacial score (nSPS) is 16.6. The van der Waals surface area contributed by atoms with Gasteiger partial charge in [0.05, 0.1) is 35.4 Å². The van der Waals surface area contributed by atoms with Crippen LogP contribution in [0.1, 0.15) is 41.4 Å². The Kier molecular flexibility index (Phi) is 4.63. The molecule has 30 heavy (non-hydrogen) atoms. The minimum absolute atomic E-state index is 0.00754. The number of rotatable bonds is 5. The van der Waals surface area contributed by atoms with E-state index >= 15 is 0 Å². The van der Waals surface area contributed by atoms with Crippen molar-refractivity contribution >= 4 is 33.7 Å². The summed E-state index contributed by atoms with van der Waals surface area (Å²) in [6.07, 6.45) is 0. The van der Waals surface area contributed by atoms with E-state index in [1.54, 1.807) is 12.1 Å². The average Bonchev–Trinajstić information content (AvgIpc) is 3.09. The third-order valence-corrected chi connectivity index (χ3v) is 6.49. The zero-order valence-corrected chi connectivity index (χ0v) is 16.3. The molecule has 2 aliphatic rings. The van der Waals surface area contributed by atoms with Gasteiger partial charge in [0, 0.05) is 7.11 Å². The summed E-state index contributed by atoms with van der Waals surface area (Å²) in [6, 6.07) is 9.32. The fourth-order valence-corrected chi connectivity index (χ4v) is 4.76. The lowest BCUT2D eigenvalue weighted by molar-refractivity contribution is -0.0584. The van der Waals surface area contributed by atoms with Gasteiger partial charge in [0.15, 0.2) is 0 Å². The second-order valence-corrected chi connectivity index (χ2v) is 8.25. The maximum absolute atomic E-state index is 12.7. The Hall–Kier alpha value is -3.57. The fraction of sp³-hybridized carbons (Fsp3) is 0.158. The third kappa shape index (κ3) is 2.86. The van der Waals surface area contributed by atoms with Gasteiger partial charge in [0.25, 0.3) is 27.7 Å². The first-order valence-corrected chi connectivity index (χ1v) is 10.1. The number of hydrogen-bond acceptors (Lipinski definition) is 8. The average molecular weight is 430 g/mol. The minimum Gasteiger partial charge on any atom is -0.383 e. The molecule has 0 spiro atoms. The van der Waals surface area contributed by atoms with E-state index in [4.69, 9.17) is 9.57 Å². The van der Waals surface area contributed by atoms with Crippen molar-refractivity contribution in [3.63, 3.8) is 0 Å². The van der Waals surface area contributed by atoms with Crippen molar-refractivity contribution in [3.05, 3.63) is 64.7 Å². The number of fused-ring (bicyclic) bond motifs is 2. The van der Waals surface area contributed by atoms with E-state index in [1.165, 1.54) is 31.4 Å². The number of sulfonamides is 1. The number of carbonyl (C=O) groups is 4. The lowest BCUT2D eigenvalue weighted by atomic mass is 10.1. The van der Waals surface area contributed by atoms with Crippen molar-refractivity contribution in [2.45, 2.75) is 4.90 Å². The summed E-state index contributed by atoms with van der Waals surface area (Å²) in [5.41, 5.74) is -0.156. The topological polar surface area (TPSA) is 127 Å². The highest BCUT2D eigenvalue weighted by molar-refractivity contribution is 7.90. The number of hydrogen-bond donors (Lipinski definition) is 0. The zero-order valence-electron chi connectivity index (χ0n) is 15.5. The van der Waals surface area contributed by atoms with E-state index in [0.717, 1.165) is 6.07 Å². The van der Waals surface area contributed by atoms with E-state index in [9.17, 15) is 27.6 Å². The summed E-state index contributed by atoms with van der Waals surface area (Å²) in [5.74, 6) is -3.47. The van der Waals surface area contributed by atoms with Crippen LogP contribution in [-0.2, 0) is 19.6 Å². The Morgan fingerprint density at radius 2 is 1.57 bits per heavy atom. The lowest BCUT2D eigenvalue weighted by Crippen LogP contribution is -2.33. The molecule has 3 amide bonds. The molecular formula is C19H14N2O8S. The summed E-state index contributed by atoms with van der Waals surface area (Å²) in [5, 5.41) is 0.324. The predicted octanol–water partition coefficient (Wildman–Crippen LogP) is 0.846. The molecule has 0 atom stereocenters. The smallest absolute Gasteiger partial charge is 0.363 e. The summed E-state index contributed by atoms with van der Waals surface area (Å²) in [6.45, 7) is -0.172. The van der Waals surface area contributed by atoms with Gasteiger partial charge in [-0.1, -0.05) is 17.2 Å². The number of hydroxylamine groups is 2. The number of amides is 3. The van der Waals surface area contributed by atoms with Crippen LogP contribution in [0, 0.1) is 0 Å². The van der Waals surface area contributed by atoms with Crippen molar-refractivity contribution < 1.29 is 37.2 Å². The Morgan fingerprint density at radius 3 is 2.17 bits per heavy atom. The van der Waals surface area contributed by atoms with Crippen LogP contribution in [0.3, 0.4) is 0 Å². The first-order chi connectivity index (χ1) is 14.3. The summed E-state index contributed by atoms with van der Waals surface area (Å²) in [7, 11) is -2.80. The molecule has 0 bridgehead atoms. The van der Waals surface area contributed by atoms with Gasteiger partial charge in [-0.15, -0.1) is 0 Å². The Morgan fingerprint density at radius 1 is 0.933 bits per heavy atom. The van der Waals surface area contributed by atoms with Crippen LogP contribution < -0.4 is 0 Å². The van der Waals surface area contributed by atoms with E-state index in [-0.39, 0.29) is 40.3 Å². The third-order valence-electron chi connectivity index (χ3n) is 4.67. The SMILES string of the molecule is COCCN1C(=O)c2ccc(C(=O)ON3C(=O)c4ccccc4C3=O)cc2S1(=O)=O. The number of nitrogens with zero attached hydrogens (tertiary/aromatic N) is 2. The van der Waals surface area contributed by atoms with Crippen LogP contribution in [0.15, 0.2) is 47.4 Å². The molecule has 2 heterocycles. The number of methoxy groups -OCH3 is 1. The molecule has 10 nitrogen and oxygen atoms in total. The summed E-state index contributed by atoms with van der Waals surface area (Å²) < 4.78 is 30.8. The lowest BCUT2D eigenvalue weighted by Gasteiger charge is -2.14. The maximum Gasteiger partial charge on any atom is 0.363 e. The Balaban J connectivity index is 1.61. The van der Waals surface area contributed by atoms with E-state index in [0.29, 0.717) is 9.37 Å². The summed E-state index contributed by atoms with van der Waals surface area (Å²) in [4.78, 5) is 54.1. The van der Waals surface area contributed by atoms with Gasteiger partial charge >= 0.3 is 5.97 Å². The Bertz CT molecular complexity index is 1190. The molecule has 0 radical (unpaired) electrons. The largest absolute Gasteiger partial charge is 0.383 e. The predicted molar refractivity (Wildman–Crippen MR) is 98.9 cm³/mol. The fourth-order valence-electron chi connectivity index (χ4n) is 3.18. The second kappa shape index (κ2) is 7.04. The minimum atomic E-state index is -4.17. The molecular weight excluding hydrogens is 416 g/mol. The monoisotopic (exact) mass is 430 g/mol. The van der Waals surface area contributed by atoms with Gasteiger partial charge in [-0.05, 0) is 30.3 Å². The van der Waals surface area contributed by atoms with Gasteiger partial charge in [-0.25, -0.2) is 17.5 Å². The maximum atomic E-state index is 12.7. The van der Waals surface area contributed by atoms with Crippen molar-refractivity contribution in [3.8, 4) is 0 Å². The highest BCUT2D eigenvalue weighted by atomic mass is 32.2. The first-order valence-electron chi connectivity index (χ1n) is 8.67. The molecule has 0 aliphatic carbocycles. The van der Waals surface area contributed by atoms with Crippen LogP contribution in [0.25, 0.3) is 0 Å². The van der Waals surface area contributed by atoms with Crippen molar-refractivity contribution in [2.24, 2.45) is 0 Å². The van der Waals surface area contributed by atoms with Crippen LogP contribution in [-0.4, -0.2) is 61.7 Å². The standard InChI is InChI=1S/C19H14N2O8S/c1-28-9-8-20-16(22)14-7-6-11(10-15(14)30(20,26)27)19(25)29-21-17(23)12-4-2-3-5-13(12)18(21)24/h2-7,10H,8-9H2,1H3. The molecule has 0 N–H and O–H groups in total. The molecule has 154 valence electrons. The molecule has 2 aromatic carbocycles. The van der Waals surface area contributed by atoms with E-state index < -0.39 is 33.7 Å². The first kappa shape index (κ1) is 19.7. The molecule has 2 aliphatic heterocycles. The highest BCUT2D eigenvalue weighted by Gasteiger charge is 2.42. The number of ether oxygens (including phenoxy) is 1. The van der Waals surface area contributed by atoms with Gasteiger partial charge in [0.1, 0.15) is 4.90 Å². The van der Waals surface area contributed by atoms with Gasteiger partial charge in [0.2, 0.25) is 0 Å². The molecule has 0 aromatic heterocycles. The zero-order chi connectivity index (χ0) is 21.6. The van der Waals surface area contributed by atoms with E-state index in [1.807, 2.05) is 0 Å². The highest BCUT2D eigenvalue weighted by Crippen LogP contribution is 2.31. The van der Waals surface area contributed by atoms with Crippen LogP contribution in [0.2, 0.25) is 0 Å². The van der Waals surface area contributed by atoms with Crippen molar-refractivity contribution in [1.29, 1.82) is 0 Å². The molecule has 0 saturated carbocycles. The van der Waals surface area contributed by atoms with Crippen LogP contribution in [0.5, 0.6) is 0 Å². The van der Waals surface area contributed by atoms with Crippen molar-refractivity contribution in [2.75, 3.05) is 20.3 Å². The molecule has 2 aromatic rings.